The van der Waals surface area contributed by atoms with Gasteiger partial charge in [-0.1, -0.05) is 80.6 Å². The summed E-state index contributed by atoms with van der Waals surface area (Å²) in [6, 6.07) is 28.6. The summed E-state index contributed by atoms with van der Waals surface area (Å²) in [5.41, 5.74) is 2.03. The van der Waals surface area contributed by atoms with E-state index in [2.05, 4.69) is 73.8 Å². The molecule has 0 amide bonds. The second kappa shape index (κ2) is 12.7. The second-order valence-corrected chi connectivity index (χ2v) is 9.90. The van der Waals surface area contributed by atoms with E-state index in [0.29, 0.717) is 18.1 Å². The van der Waals surface area contributed by atoms with Crippen molar-refractivity contribution in [3.63, 3.8) is 0 Å². The van der Waals surface area contributed by atoms with Crippen LogP contribution >= 0.6 is 0 Å². The first-order valence-corrected chi connectivity index (χ1v) is 13.0. The number of aliphatic imine (C=N–C) groups is 1. The lowest BCUT2D eigenvalue weighted by Crippen LogP contribution is -2.42. The third-order valence-corrected chi connectivity index (χ3v) is 7.40. The van der Waals surface area contributed by atoms with Gasteiger partial charge in [0.05, 0.1) is 24.8 Å². The summed E-state index contributed by atoms with van der Waals surface area (Å²) >= 11 is 0. The number of allylic oxidation sites excluding steroid dienone is 1. The molecule has 1 heterocycles. The lowest BCUT2D eigenvalue weighted by atomic mass is 9.75. The van der Waals surface area contributed by atoms with Gasteiger partial charge in [0, 0.05) is 12.6 Å². The van der Waals surface area contributed by atoms with E-state index < -0.39 is 11.6 Å². The molecule has 3 aromatic rings. The van der Waals surface area contributed by atoms with E-state index in [-0.39, 0.29) is 18.6 Å². The predicted molar refractivity (Wildman–Crippen MR) is 151 cm³/mol. The highest BCUT2D eigenvalue weighted by Gasteiger charge is 2.39. The van der Waals surface area contributed by atoms with Crippen molar-refractivity contribution in [1.82, 2.24) is 5.32 Å². The molecule has 0 spiro atoms. The molecule has 2 N–H and O–H groups in total. The van der Waals surface area contributed by atoms with E-state index in [1.54, 1.807) is 7.11 Å². The Morgan fingerprint density at radius 2 is 1.46 bits per heavy atom. The number of methoxy groups -OCH3 is 1. The first-order chi connectivity index (χ1) is 18.0. The smallest absolute Gasteiger partial charge is 0.119 e. The molecule has 37 heavy (non-hydrogen) atoms. The zero-order valence-electron chi connectivity index (χ0n) is 22.0. The molecule has 4 unspecified atom stereocenters. The van der Waals surface area contributed by atoms with Crippen LogP contribution in [-0.2, 0) is 0 Å². The maximum Gasteiger partial charge on any atom is 0.119 e. The fraction of sp³-hybridized carbons (Fsp3) is 0.344. The summed E-state index contributed by atoms with van der Waals surface area (Å²) in [4.78, 5) is 4.85. The average molecular weight is 499 g/mol. The van der Waals surface area contributed by atoms with Crippen LogP contribution in [0.1, 0.15) is 37.4 Å². The van der Waals surface area contributed by atoms with E-state index in [4.69, 9.17) is 14.5 Å². The van der Waals surface area contributed by atoms with Gasteiger partial charge in [-0.05, 0) is 59.8 Å². The minimum atomic E-state index is -0.647. The Morgan fingerprint density at radius 3 is 2.00 bits per heavy atom. The van der Waals surface area contributed by atoms with Gasteiger partial charge in [0.25, 0.3) is 0 Å². The number of hydrogen-bond donors (Lipinski definition) is 2. The molecule has 1 aliphatic rings. The normalized spacial score (nSPS) is 19.1. The quantitative estimate of drug-likeness (QED) is 0.310. The number of hydrogen-bond acceptors (Lipinski definition) is 5. The van der Waals surface area contributed by atoms with Gasteiger partial charge in [-0.2, -0.15) is 0 Å². The fourth-order valence-electron chi connectivity index (χ4n) is 5.00. The van der Waals surface area contributed by atoms with Crippen molar-refractivity contribution in [3.05, 3.63) is 108 Å². The van der Waals surface area contributed by atoms with Crippen LogP contribution in [0.3, 0.4) is 0 Å². The fourth-order valence-corrected chi connectivity index (χ4v) is 5.00. The molecular weight excluding hydrogens is 460 g/mol. The molecule has 4 rings (SSSR count). The van der Waals surface area contributed by atoms with Crippen molar-refractivity contribution >= 4 is 6.21 Å². The van der Waals surface area contributed by atoms with Crippen molar-refractivity contribution in [2.24, 2.45) is 16.8 Å². The summed E-state index contributed by atoms with van der Waals surface area (Å²) in [6.07, 6.45) is 5.83. The Kier molecular flexibility index (Phi) is 9.15. The summed E-state index contributed by atoms with van der Waals surface area (Å²) in [6.45, 7) is 5.52. The average Bonchev–Trinajstić information content (AvgIpc) is 3.42. The molecule has 1 aliphatic heterocycles. The van der Waals surface area contributed by atoms with Crippen LogP contribution < -0.4 is 14.8 Å². The largest absolute Gasteiger partial charge is 0.497 e. The number of nitrogens with one attached hydrogen (secondary N) is 1. The molecule has 5 nitrogen and oxygen atoms in total. The van der Waals surface area contributed by atoms with E-state index in [1.165, 1.54) is 11.1 Å². The molecule has 194 valence electrons. The Balaban J connectivity index is 1.39. The standard InChI is InChI=1S/C32H38N2O3/c1-24(22-33-31(26-11-6-4-7-12-26)27-13-8-5-9-14-27)25(2)32(19-10-20-34-32)21-28(35)23-37-30-17-15-29(36-3)16-18-30/h4-20,24-25,28,31,33,35H,21-23H2,1-3H3. The first-order valence-electron chi connectivity index (χ1n) is 13.0. The monoisotopic (exact) mass is 498 g/mol. The van der Waals surface area contributed by atoms with Crippen LogP contribution in [-0.4, -0.2) is 43.2 Å². The van der Waals surface area contributed by atoms with Gasteiger partial charge in [-0.25, -0.2) is 0 Å². The zero-order chi connectivity index (χ0) is 26.1. The molecule has 0 bridgehead atoms. The van der Waals surface area contributed by atoms with Gasteiger partial charge in [0.15, 0.2) is 0 Å². The van der Waals surface area contributed by atoms with Crippen LogP contribution in [0.15, 0.2) is 102 Å². The highest BCUT2D eigenvalue weighted by atomic mass is 16.5. The van der Waals surface area contributed by atoms with E-state index in [0.717, 1.165) is 12.3 Å². The van der Waals surface area contributed by atoms with Crippen LogP contribution in [0.4, 0.5) is 0 Å². The molecule has 5 heteroatoms. The van der Waals surface area contributed by atoms with Crippen LogP contribution in [0, 0.1) is 11.8 Å². The third-order valence-electron chi connectivity index (χ3n) is 7.40. The minimum Gasteiger partial charge on any atom is -0.497 e. The molecule has 0 aromatic heterocycles. The molecule has 0 fully saturated rings. The summed E-state index contributed by atoms with van der Waals surface area (Å²) in [7, 11) is 1.63. The van der Waals surface area contributed by atoms with Crippen molar-refractivity contribution in [1.29, 1.82) is 0 Å². The third kappa shape index (κ3) is 6.88. The summed E-state index contributed by atoms with van der Waals surface area (Å²) in [5.74, 6) is 2.00. The number of aliphatic hydroxyl groups is 1. The van der Waals surface area contributed by atoms with Crippen LogP contribution in [0.25, 0.3) is 0 Å². The number of nitrogens with zero attached hydrogens (tertiary/aromatic N) is 1. The zero-order valence-corrected chi connectivity index (χ0v) is 22.0. The molecule has 0 saturated heterocycles. The van der Waals surface area contributed by atoms with E-state index >= 15 is 0 Å². The molecule has 0 saturated carbocycles. The van der Waals surface area contributed by atoms with Gasteiger partial charge in [-0.3, -0.25) is 4.99 Å². The Bertz CT molecular complexity index is 1090. The van der Waals surface area contributed by atoms with Gasteiger partial charge in [-0.15, -0.1) is 0 Å². The van der Waals surface area contributed by atoms with E-state index in [1.807, 2.05) is 48.7 Å². The van der Waals surface area contributed by atoms with Gasteiger partial charge < -0.3 is 19.9 Å². The van der Waals surface area contributed by atoms with Crippen molar-refractivity contribution in [3.8, 4) is 11.5 Å². The number of ether oxygens (including phenoxy) is 2. The molecular formula is C32H38N2O3. The van der Waals surface area contributed by atoms with Gasteiger partial charge in [0.2, 0.25) is 0 Å². The lowest BCUT2D eigenvalue weighted by Gasteiger charge is -2.37. The molecule has 4 atom stereocenters. The number of aliphatic hydroxyl groups excluding tert-OH is 1. The van der Waals surface area contributed by atoms with Crippen molar-refractivity contribution in [2.45, 2.75) is 38.0 Å². The van der Waals surface area contributed by atoms with Crippen LogP contribution in [0.2, 0.25) is 0 Å². The molecule has 0 aliphatic carbocycles. The topological polar surface area (TPSA) is 63.1 Å². The number of rotatable bonds is 13. The van der Waals surface area contributed by atoms with E-state index in [9.17, 15) is 5.11 Å². The second-order valence-electron chi connectivity index (χ2n) is 9.90. The van der Waals surface area contributed by atoms with Crippen molar-refractivity contribution < 1.29 is 14.6 Å². The molecule has 0 radical (unpaired) electrons. The maximum absolute atomic E-state index is 10.9. The first kappa shape index (κ1) is 26.6. The SMILES string of the molecule is COc1ccc(OCC(O)CC2(C(C)C(C)CNC(c3ccccc3)c3ccccc3)C=CC=N2)cc1. The predicted octanol–water partition coefficient (Wildman–Crippen LogP) is 5.86. The maximum atomic E-state index is 10.9. The highest BCUT2D eigenvalue weighted by molar-refractivity contribution is 5.75. The van der Waals surface area contributed by atoms with Crippen LogP contribution in [0.5, 0.6) is 11.5 Å². The Morgan fingerprint density at radius 1 is 0.865 bits per heavy atom. The van der Waals surface area contributed by atoms with Crippen molar-refractivity contribution in [2.75, 3.05) is 20.3 Å². The number of benzene rings is 3. The Hall–Kier alpha value is -3.41. The van der Waals surface area contributed by atoms with Gasteiger partial charge >= 0.3 is 0 Å². The Labute approximate surface area is 220 Å². The summed E-state index contributed by atoms with van der Waals surface area (Å²) < 4.78 is 11.0. The lowest BCUT2D eigenvalue weighted by molar-refractivity contribution is 0.0711. The molecule has 3 aromatic carbocycles. The summed E-state index contributed by atoms with van der Waals surface area (Å²) in [5, 5.41) is 14.7. The van der Waals surface area contributed by atoms with Gasteiger partial charge in [0.1, 0.15) is 18.1 Å². The minimum absolute atomic E-state index is 0.110. The highest BCUT2D eigenvalue weighted by Crippen LogP contribution is 2.37.